The molecule has 0 heteroatoms. The van der Waals surface area contributed by atoms with E-state index in [2.05, 4.69) is 45.1 Å². The second-order valence-corrected chi connectivity index (χ2v) is 4.39. The third-order valence-electron chi connectivity index (χ3n) is 1.89. The van der Waals surface area contributed by atoms with Crippen LogP contribution in [0.2, 0.25) is 0 Å². The van der Waals surface area contributed by atoms with Crippen LogP contribution >= 0.6 is 0 Å². The highest BCUT2D eigenvalue weighted by Gasteiger charge is 2.08. The van der Waals surface area contributed by atoms with Gasteiger partial charge in [0.1, 0.15) is 0 Å². The molecular formula is C11H18. The first kappa shape index (κ1) is 8.58. The summed E-state index contributed by atoms with van der Waals surface area (Å²) in [5, 5.41) is 0. The fourth-order valence-corrected chi connectivity index (χ4v) is 1.23. The highest BCUT2D eigenvalue weighted by atomic mass is 14.1. The zero-order valence-corrected chi connectivity index (χ0v) is 7.80. The second-order valence-electron chi connectivity index (χ2n) is 4.39. The van der Waals surface area contributed by atoms with Crippen molar-refractivity contribution in [1.82, 2.24) is 0 Å². The Morgan fingerprint density at radius 1 is 1.36 bits per heavy atom. The topological polar surface area (TPSA) is 0 Å². The fraction of sp³-hybridized carbons (Fsp3) is 0.636. The molecule has 0 aromatic rings. The Kier molecular flexibility index (Phi) is 2.53. The Hall–Kier alpha value is -0.520. The molecule has 0 spiro atoms. The molecule has 1 aliphatic rings. The normalized spacial score (nSPS) is 25.2. The van der Waals surface area contributed by atoms with Crippen molar-refractivity contribution in [3.05, 3.63) is 24.3 Å². The maximum Gasteiger partial charge on any atom is -0.00504 e. The molecule has 1 rings (SSSR count). The standard InChI is InChI=1S/C11H18/c1-11(2,3)9-8-10-6-4-5-7-10/h4,6,8-10H,5,7H2,1-3H3/b9-8+. The first-order valence-electron chi connectivity index (χ1n) is 4.44. The minimum atomic E-state index is 0.344. The lowest BCUT2D eigenvalue weighted by Gasteiger charge is -2.12. The highest BCUT2D eigenvalue weighted by molar-refractivity contribution is 5.07. The van der Waals surface area contributed by atoms with Crippen molar-refractivity contribution in [3.8, 4) is 0 Å². The summed E-state index contributed by atoms with van der Waals surface area (Å²) in [7, 11) is 0. The molecule has 62 valence electrons. The van der Waals surface area contributed by atoms with E-state index < -0.39 is 0 Å². The maximum absolute atomic E-state index is 2.34. The van der Waals surface area contributed by atoms with Crippen molar-refractivity contribution in [1.29, 1.82) is 0 Å². The van der Waals surface area contributed by atoms with Gasteiger partial charge in [-0.3, -0.25) is 0 Å². The molecule has 0 bridgehead atoms. The minimum Gasteiger partial charge on any atom is -0.0879 e. The first-order chi connectivity index (χ1) is 5.08. The van der Waals surface area contributed by atoms with Crippen LogP contribution in [0.1, 0.15) is 33.6 Å². The van der Waals surface area contributed by atoms with Crippen LogP contribution in [0.4, 0.5) is 0 Å². The van der Waals surface area contributed by atoms with Crippen LogP contribution in [0.25, 0.3) is 0 Å². The Bertz CT molecular complexity index is 167. The van der Waals surface area contributed by atoms with E-state index in [1.54, 1.807) is 0 Å². The van der Waals surface area contributed by atoms with Gasteiger partial charge in [-0.25, -0.2) is 0 Å². The van der Waals surface area contributed by atoms with Crippen LogP contribution in [0.15, 0.2) is 24.3 Å². The molecule has 0 amide bonds. The SMILES string of the molecule is CC(C)(C)/C=C/C1C=CCC1. The highest BCUT2D eigenvalue weighted by Crippen LogP contribution is 2.22. The van der Waals surface area contributed by atoms with Crippen molar-refractivity contribution in [2.75, 3.05) is 0 Å². The summed E-state index contributed by atoms with van der Waals surface area (Å²) in [6.45, 7) is 6.71. The van der Waals surface area contributed by atoms with Gasteiger partial charge in [0.2, 0.25) is 0 Å². The lowest BCUT2D eigenvalue weighted by molar-refractivity contribution is 0.538. The molecule has 0 aromatic carbocycles. The van der Waals surface area contributed by atoms with Crippen molar-refractivity contribution in [2.24, 2.45) is 11.3 Å². The maximum atomic E-state index is 2.34. The van der Waals surface area contributed by atoms with Crippen LogP contribution in [-0.4, -0.2) is 0 Å². The van der Waals surface area contributed by atoms with E-state index in [1.165, 1.54) is 12.8 Å². The van der Waals surface area contributed by atoms with E-state index in [0.29, 0.717) is 11.3 Å². The van der Waals surface area contributed by atoms with Gasteiger partial charge in [-0.1, -0.05) is 45.1 Å². The van der Waals surface area contributed by atoms with E-state index in [-0.39, 0.29) is 0 Å². The van der Waals surface area contributed by atoms with Gasteiger partial charge in [0, 0.05) is 0 Å². The number of allylic oxidation sites excluding steroid dienone is 4. The van der Waals surface area contributed by atoms with E-state index >= 15 is 0 Å². The van der Waals surface area contributed by atoms with Gasteiger partial charge in [0.15, 0.2) is 0 Å². The molecule has 0 N–H and O–H groups in total. The quantitative estimate of drug-likeness (QED) is 0.501. The largest absolute Gasteiger partial charge is 0.0879 e. The summed E-state index contributed by atoms with van der Waals surface area (Å²) in [6.07, 6.45) is 11.8. The third-order valence-corrected chi connectivity index (χ3v) is 1.89. The van der Waals surface area contributed by atoms with Crippen molar-refractivity contribution >= 4 is 0 Å². The summed E-state index contributed by atoms with van der Waals surface area (Å²) < 4.78 is 0. The van der Waals surface area contributed by atoms with Crippen molar-refractivity contribution in [3.63, 3.8) is 0 Å². The zero-order chi connectivity index (χ0) is 8.32. The molecule has 0 saturated carbocycles. The third kappa shape index (κ3) is 3.41. The Morgan fingerprint density at radius 2 is 2.09 bits per heavy atom. The van der Waals surface area contributed by atoms with Crippen LogP contribution in [-0.2, 0) is 0 Å². The molecule has 1 unspecified atom stereocenters. The van der Waals surface area contributed by atoms with Gasteiger partial charge >= 0.3 is 0 Å². The average molecular weight is 150 g/mol. The summed E-state index contributed by atoms with van der Waals surface area (Å²) in [5.74, 6) is 0.717. The van der Waals surface area contributed by atoms with Gasteiger partial charge in [0.05, 0.1) is 0 Å². The molecule has 0 heterocycles. The van der Waals surface area contributed by atoms with Gasteiger partial charge < -0.3 is 0 Å². The van der Waals surface area contributed by atoms with Gasteiger partial charge in [0.25, 0.3) is 0 Å². The molecular weight excluding hydrogens is 132 g/mol. The monoisotopic (exact) mass is 150 g/mol. The van der Waals surface area contributed by atoms with E-state index in [0.717, 1.165) is 0 Å². The zero-order valence-electron chi connectivity index (χ0n) is 7.80. The fourth-order valence-electron chi connectivity index (χ4n) is 1.23. The minimum absolute atomic E-state index is 0.344. The molecule has 11 heavy (non-hydrogen) atoms. The van der Waals surface area contributed by atoms with Crippen LogP contribution in [0.3, 0.4) is 0 Å². The van der Waals surface area contributed by atoms with Gasteiger partial charge in [-0.2, -0.15) is 0 Å². The van der Waals surface area contributed by atoms with Crippen LogP contribution < -0.4 is 0 Å². The average Bonchev–Trinajstić information content (AvgIpc) is 2.32. The lowest BCUT2D eigenvalue weighted by atomic mass is 9.94. The molecule has 0 radical (unpaired) electrons. The van der Waals surface area contributed by atoms with E-state index in [4.69, 9.17) is 0 Å². The molecule has 0 saturated heterocycles. The lowest BCUT2D eigenvalue weighted by Crippen LogP contribution is -1.99. The second kappa shape index (κ2) is 3.25. The summed E-state index contributed by atoms with van der Waals surface area (Å²) >= 11 is 0. The summed E-state index contributed by atoms with van der Waals surface area (Å²) in [5.41, 5.74) is 0.344. The summed E-state index contributed by atoms with van der Waals surface area (Å²) in [6, 6.07) is 0. The Balaban J connectivity index is 2.41. The number of rotatable bonds is 1. The molecule has 0 aromatic heterocycles. The van der Waals surface area contributed by atoms with Crippen molar-refractivity contribution in [2.45, 2.75) is 33.6 Å². The van der Waals surface area contributed by atoms with Gasteiger partial charge in [-0.15, -0.1) is 0 Å². The van der Waals surface area contributed by atoms with Crippen LogP contribution in [0, 0.1) is 11.3 Å². The van der Waals surface area contributed by atoms with E-state index in [9.17, 15) is 0 Å². The number of hydrogen-bond donors (Lipinski definition) is 0. The molecule has 1 atom stereocenters. The van der Waals surface area contributed by atoms with Crippen LogP contribution in [0.5, 0.6) is 0 Å². The Labute approximate surface area is 70.0 Å². The van der Waals surface area contributed by atoms with E-state index in [1.807, 2.05) is 0 Å². The number of hydrogen-bond acceptors (Lipinski definition) is 0. The smallest absolute Gasteiger partial charge is 0.00504 e. The first-order valence-corrected chi connectivity index (χ1v) is 4.44. The molecule has 0 nitrogen and oxygen atoms in total. The predicted molar refractivity (Wildman–Crippen MR) is 50.5 cm³/mol. The molecule has 0 fully saturated rings. The van der Waals surface area contributed by atoms with Gasteiger partial charge in [-0.05, 0) is 24.2 Å². The molecule has 1 aliphatic carbocycles. The van der Waals surface area contributed by atoms with Crippen molar-refractivity contribution < 1.29 is 0 Å². The summed E-state index contributed by atoms with van der Waals surface area (Å²) in [4.78, 5) is 0. The molecule has 0 aliphatic heterocycles. The Morgan fingerprint density at radius 3 is 2.55 bits per heavy atom. The predicted octanol–water partition coefficient (Wildman–Crippen LogP) is 3.55.